The van der Waals surface area contributed by atoms with Crippen molar-refractivity contribution in [1.82, 2.24) is 14.9 Å². The lowest BCUT2D eigenvalue weighted by Crippen LogP contribution is -2.28. The number of imidazole rings is 1. The highest BCUT2D eigenvalue weighted by Gasteiger charge is 2.32. The third-order valence-electron chi connectivity index (χ3n) is 5.65. The molecule has 0 fully saturated rings. The number of hydrogen-bond donors (Lipinski definition) is 2. The Morgan fingerprint density at radius 1 is 1.31 bits per heavy atom. The summed E-state index contributed by atoms with van der Waals surface area (Å²) in [5.74, 6) is -1.20. The Morgan fingerprint density at radius 3 is 2.75 bits per heavy atom. The number of anilines is 1. The SMILES string of the molecule is CC1COC2N=CNC=C2c2cc(C(=O)Nc3ccc(OC(F)(F)Cl)cc3)cc3nc(C(F)F)n1c23. The Bertz CT molecular complexity index is 1390. The van der Waals surface area contributed by atoms with Crippen molar-refractivity contribution in [3.05, 3.63) is 59.5 Å². The second kappa shape index (κ2) is 9.10. The summed E-state index contributed by atoms with van der Waals surface area (Å²) in [7, 11) is 0. The average Bonchev–Trinajstić information content (AvgIpc) is 3.22. The Morgan fingerprint density at radius 2 is 2.06 bits per heavy atom. The van der Waals surface area contributed by atoms with Crippen LogP contribution in [-0.2, 0) is 4.74 Å². The lowest BCUT2D eigenvalue weighted by atomic mass is 9.98. The van der Waals surface area contributed by atoms with Gasteiger partial charge in [0, 0.05) is 40.2 Å². The van der Waals surface area contributed by atoms with Crippen LogP contribution in [0.2, 0.25) is 0 Å². The maximum atomic E-state index is 13.9. The number of fused-ring (bicyclic) bond motifs is 2. The summed E-state index contributed by atoms with van der Waals surface area (Å²) < 4.78 is 65.0. The monoisotopic (exact) mass is 523 g/mol. The molecular weight excluding hydrogens is 506 g/mol. The van der Waals surface area contributed by atoms with Crippen LogP contribution in [0.25, 0.3) is 16.6 Å². The van der Waals surface area contributed by atoms with E-state index in [0.29, 0.717) is 16.7 Å². The molecule has 36 heavy (non-hydrogen) atoms. The first-order valence-electron chi connectivity index (χ1n) is 10.7. The first kappa shape index (κ1) is 24.1. The van der Waals surface area contributed by atoms with Gasteiger partial charge in [-0.2, -0.15) is 0 Å². The molecule has 0 saturated carbocycles. The van der Waals surface area contributed by atoms with E-state index in [1.54, 1.807) is 19.2 Å². The van der Waals surface area contributed by atoms with Gasteiger partial charge in [0.25, 0.3) is 12.3 Å². The summed E-state index contributed by atoms with van der Waals surface area (Å²) >= 11 is 4.76. The second-order valence-electron chi connectivity index (χ2n) is 8.14. The topological polar surface area (TPSA) is 89.8 Å². The van der Waals surface area contributed by atoms with Crippen LogP contribution in [0, 0.1) is 0 Å². The normalized spacial score (nSPS) is 19.2. The molecule has 2 unspecified atom stereocenters. The molecule has 3 heterocycles. The van der Waals surface area contributed by atoms with Gasteiger partial charge in [-0.3, -0.25) is 4.79 Å². The number of halogens is 5. The number of hydrogen-bond acceptors (Lipinski definition) is 6. The Labute approximate surface area is 206 Å². The molecule has 2 aromatic carbocycles. The zero-order chi connectivity index (χ0) is 25.6. The molecule has 0 saturated heterocycles. The maximum Gasteiger partial charge on any atom is 0.487 e. The van der Waals surface area contributed by atoms with Crippen molar-refractivity contribution in [3.63, 3.8) is 0 Å². The van der Waals surface area contributed by atoms with Gasteiger partial charge in [0.05, 0.1) is 30.0 Å². The van der Waals surface area contributed by atoms with Gasteiger partial charge in [0.15, 0.2) is 12.1 Å². The lowest BCUT2D eigenvalue weighted by molar-refractivity contribution is -0.0964. The number of carbonyl (C=O) groups is 1. The molecule has 0 radical (unpaired) electrons. The van der Waals surface area contributed by atoms with Gasteiger partial charge in [-0.15, -0.1) is 8.78 Å². The van der Waals surface area contributed by atoms with Crippen molar-refractivity contribution < 1.29 is 31.8 Å². The van der Waals surface area contributed by atoms with Gasteiger partial charge in [0.1, 0.15) is 5.75 Å². The molecule has 13 heteroatoms. The predicted octanol–water partition coefficient (Wildman–Crippen LogP) is 5.28. The van der Waals surface area contributed by atoms with Crippen molar-refractivity contribution in [2.75, 3.05) is 11.9 Å². The average molecular weight is 524 g/mol. The molecule has 2 N–H and O–H groups in total. The van der Waals surface area contributed by atoms with Gasteiger partial charge in [-0.05, 0) is 43.3 Å². The quantitative estimate of drug-likeness (QED) is 0.351. The minimum Gasteiger partial charge on any atom is -0.420 e. The van der Waals surface area contributed by atoms with Crippen LogP contribution < -0.4 is 15.4 Å². The van der Waals surface area contributed by atoms with E-state index in [1.807, 2.05) is 0 Å². The van der Waals surface area contributed by atoms with Crippen LogP contribution in [0.1, 0.15) is 41.1 Å². The smallest absolute Gasteiger partial charge is 0.420 e. The highest BCUT2D eigenvalue weighted by atomic mass is 35.5. The molecular formula is C23H18ClF4N5O3. The lowest BCUT2D eigenvalue weighted by Gasteiger charge is -2.28. The Balaban J connectivity index is 1.56. The van der Waals surface area contributed by atoms with E-state index in [0.717, 1.165) is 0 Å². The van der Waals surface area contributed by atoms with E-state index in [9.17, 15) is 22.4 Å². The van der Waals surface area contributed by atoms with E-state index in [1.165, 1.54) is 41.2 Å². The molecule has 0 bridgehead atoms. The van der Waals surface area contributed by atoms with Crippen LogP contribution in [0.3, 0.4) is 0 Å². The number of alkyl halides is 5. The van der Waals surface area contributed by atoms with E-state index in [-0.39, 0.29) is 29.1 Å². The molecule has 2 aliphatic rings. The van der Waals surface area contributed by atoms with Crippen molar-refractivity contribution in [2.24, 2.45) is 4.99 Å². The molecule has 1 amide bonds. The number of amides is 1. The first-order valence-corrected chi connectivity index (χ1v) is 11.1. The Kier molecular flexibility index (Phi) is 6.08. The highest BCUT2D eigenvalue weighted by molar-refractivity contribution is 6.20. The molecule has 5 rings (SSSR count). The number of rotatable bonds is 5. The predicted molar refractivity (Wildman–Crippen MR) is 125 cm³/mol. The summed E-state index contributed by atoms with van der Waals surface area (Å²) in [6.07, 6.45) is -0.447. The summed E-state index contributed by atoms with van der Waals surface area (Å²) in [4.78, 5) is 21.5. The zero-order valence-corrected chi connectivity index (χ0v) is 19.3. The van der Waals surface area contributed by atoms with Gasteiger partial charge in [0.2, 0.25) is 0 Å². The van der Waals surface area contributed by atoms with E-state index in [2.05, 4.69) is 25.3 Å². The summed E-state index contributed by atoms with van der Waals surface area (Å²) in [5, 5.41) is 5.51. The largest absolute Gasteiger partial charge is 0.487 e. The van der Waals surface area contributed by atoms with E-state index < -0.39 is 36.0 Å². The second-order valence-corrected chi connectivity index (χ2v) is 8.58. The summed E-state index contributed by atoms with van der Waals surface area (Å²) in [6, 6.07) is 7.64. The maximum absolute atomic E-state index is 13.9. The van der Waals surface area contributed by atoms with Crippen LogP contribution in [-0.4, -0.2) is 40.2 Å². The number of nitrogens with one attached hydrogen (secondary N) is 2. The number of carbonyl (C=O) groups excluding carboxylic acids is 1. The molecule has 0 aliphatic carbocycles. The summed E-state index contributed by atoms with van der Waals surface area (Å²) in [6.45, 7) is 1.87. The minimum absolute atomic E-state index is 0.127. The van der Waals surface area contributed by atoms with Crippen LogP contribution in [0.4, 0.5) is 23.2 Å². The third-order valence-corrected chi connectivity index (χ3v) is 5.73. The van der Waals surface area contributed by atoms with Crippen LogP contribution >= 0.6 is 11.6 Å². The Hall–Kier alpha value is -3.64. The van der Waals surface area contributed by atoms with E-state index >= 15 is 0 Å². The van der Waals surface area contributed by atoms with Crippen molar-refractivity contribution >= 4 is 46.1 Å². The molecule has 3 aromatic rings. The molecule has 2 atom stereocenters. The molecule has 1 aromatic heterocycles. The molecule has 8 nitrogen and oxygen atoms in total. The fourth-order valence-corrected chi connectivity index (χ4v) is 4.27. The molecule has 2 aliphatic heterocycles. The number of aliphatic imine (C=N–C) groups is 1. The van der Waals surface area contributed by atoms with Gasteiger partial charge in [-0.1, -0.05) is 0 Å². The fourth-order valence-electron chi connectivity index (χ4n) is 4.18. The van der Waals surface area contributed by atoms with Gasteiger partial charge < -0.3 is 24.7 Å². The van der Waals surface area contributed by atoms with Crippen LogP contribution in [0.15, 0.2) is 47.6 Å². The number of aromatic nitrogens is 2. The van der Waals surface area contributed by atoms with Gasteiger partial charge in [-0.25, -0.2) is 18.8 Å². The molecule has 0 spiro atoms. The minimum atomic E-state index is -3.87. The summed E-state index contributed by atoms with van der Waals surface area (Å²) in [5.41, 5.74) is -1.78. The zero-order valence-electron chi connectivity index (χ0n) is 18.5. The first-order chi connectivity index (χ1) is 17.1. The van der Waals surface area contributed by atoms with E-state index in [4.69, 9.17) is 16.3 Å². The van der Waals surface area contributed by atoms with Crippen molar-refractivity contribution in [1.29, 1.82) is 0 Å². The van der Waals surface area contributed by atoms with Crippen molar-refractivity contribution in [2.45, 2.75) is 31.2 Å². The fraction of sp³-hybridized carbons (Fsp3) is 0.261. The third kappa shape index (κ3) is 4.61. The number of nitrogens with zero attached hydrogens (tertiary/aromatic N) is 3. The highest BCUT2D eigenvalue weighted by Crippen LogP contribution is 2.38. The molecule has 188 valence electrons. The van der Waals surface area contributed by atoms with Crippen LogP contribution in [0.5, 0.6) is 5.75 Å². The number of ether oxygens (including phenoxy) is 2. The standard InChI is InChI=1S/C23H18ClF4N5O3/c1-11-9-35-22-16(8-29-10-30-22)15-6-12(7-17-18(15)33(11)20(32-17)19(25)26)21(34)31-13-2-4-14(5-3-13)36-23(24,27)28/h2-8,10-11,19,22H,9H2,1H3,(H,29,30)(H,31,34). The van der Waals surface area contributed by atoms with Crippen molar-refractivity contribution in [3.8, 4) is 5.75 Å². The van der Waals surface area contributed by atoms with Gasteiger partial charge >= 0.3 is 5.57 Å². The number of benzene rings is 2.